The number of benzene rings is 1. The van der Waals surface area contributed by atoms with Crippen LogP contribution in [0.5, 0.6) is 0 Å². The average Bonchev–Trinajstić information content (AvgIpc) is 3.28. The fraction of sp³-hybridized carbons (Fsp3) is 0.333. The number of aliphatic imine (C=N–C) groups is 1. The van der Waals surface area contributed by atoms with E-state index in [9.17, 15) is 0 Å². The highest BCUT2D eigenvalue weighted by molar-refractivity contribution is 5.99. The zero-order valence-electron chi connectivity index (χ0n) is 20.4. The summed E-state index contributed by atoms with van der Waals surface area (Å²) in [5, 5.41) is 12.4. The summed E-state index contributed by atoms with van der Waals surface area (Å²) < 4.78 is 2.00. The van der Waals surface area contributed by atoms with Crippen molar-refractivity contribution in [1.29, 1.82) is 0 Å². The second-order valence-corrected chi connectivity index (χ2v) is 9.15. The average molecular weight is 469 g/mol. The lowest BCUT2D eigenvalue weighted by Gasteiger charge is -2.30. The third-order valence-electron chi connectivity index (χ3n) is 6.52. The van der Waals surface area contributed by atoms with Crippen LogP contribution in [0.25, 0.3) is 5.65 Å². The maximum atomic E-state index is 5.07. The van der Waals surface area contributed by atoms with Crippen LogP contribution in [0.3, 0.4) is 0 Å². The summed E-state index contributed by atoms with van der Waals surface area (Å²) in [6, 6.07) is 10.7. The number of piperidine rings is 1. The number of nitrogens with one attached hydrogen (secondary N) is 1. The molecule has 0 atom stereocenters. The number of anilines is 1. The van der Waals surface area contributed by atoms with Crippen molar-refractivity contribution in [2.24, 2.45) is 4.99 Å². The Bertz CT molecular complexity index is 1280. The normalized spacial score (nSPS) is 21.1. The summed E-state index contributed by atoms with van der Waals surface area (Å²) in [4.78, 5) is 14.5. The molecule has 180 valence electrons. The SMILES string of the molecule is C=C1/C=C\C=C/C/N=C(/c2cn3c(C)nnc3c(NC3CCN(C)CC3)n2)N1Cc1ccccc1. The first-order valence-corrected chi connectivity index (χ1v) is 12.1. The first-order chi connectivity index (χ1) is 17.1. The molecule has 2 aliphatic heterocycles. The van der Waals surface area contributed by atoms with E-state index in [-0.39, 0.29) is 0 Å². The number of aryl methyl sites for hydroxylation is 1. The second kappa shape index (κ2) is 10.2. The zero-order chi connectivity index (χ0) is 24.2. The summed E-state index contributed by atoms with van der Waals surface area (Å²) in [5.74, 6) is 2.33. The van der Waals surface area contributed by atoms with E-state index in [4.69, 9.17) is 9.98 Å². The van der Waals surface area contributed by atoms with Gasteiger partial charge in [-0.25, -0.2) is 4.98 Å². The monoisotopic (exact) mass is 468 g/mol. The van der Waals surface area contributed by atoms with E-state index in [0.717, 1.165) is 60.4 Å². The molecule has 0 radical (unpaired) electrons. The summed E-state index contributed by atoms with van der Waals surface area (Å²) in [6.45, 7) is 9.63. The molecule has 3 aromatic rings. The Balaban J connectivity index is 1.57. The third-order valence-corrected chi connectivity index (χ3v) is 6.52. The Labute approximate surface area is 206 Å². The zero-order valence-corrected chi connectivity index (χ0v) is 20.4. The van der Waals surface area contributed by atoms with Crippen LogP contribution in [-0.2, 0) is 6.54 Å². The molecule has 1 aromatic carbocycles. The van der Waals surface area contributed by atoms with Gasteiger partial charge in [0.1, 0.15) is 11.5 Å². The minimum atomic E-state index is 0.346. The standard InChI is InChI=1S/C27H32N8/c1-20-10-6-5-9-15-28-26(34(20)18-22-11-7-4-8-12-22)24-19-35-21(2)31-32-27(35)25(30-24)29-23-13-16-33(3)17-14-23/h4-12,19,23H,1,13-18H2,2-3H3,(H,29,30)/b9-5-,10-6-,28-26-. The van der Waals surface area contributed by atoms with E-state index >= 15 is 0 Å². The molecular weight excluding hydrogens is 436 g/mol. The molecule has 0 bridgehead atoms. The number of fused-ring (bicyclic) bond motifs is 1. The molecule has 8 nitrogen and oxygen atoms in total. The van der Waals surface area contributed by atoms with Crippen LogP contribution in [0.2, 0.25) is 0 Å². The Morgan fingerprint density at radius 2 is 1.89 bits per heavy atom. The molecule has 0 saturated carbocycles. The highest BCUT2D eigenvalue weighted by Crippen LogP contribution is 2.23. The van der Waals surface area contributed by atoms with E-state index in [1.165, 1.54) is 5.56 Å². The van der Waals surface area contributed by atoms with Crippen LogP contribution in [0.4, 0.5) is 5.82 Å². The summed E-state index contributed by atoms with van der Waals surface area (Å²) >= 11 is 0. The molecule has 4 heterocycles. The number of nitrogens with zero attached hydrogens (tertiary/aromatic N) is 7. The van der Waals surface area contributed by atoms with Gasteiger partial charge in [0, 0.05) is 24.5 Å². The minimum absolute atomic E-state index is 0.346. The fourth-order valence-corrected chi connectivity index (χ4v) is 4.48. The predicted molar refractivity (Wildman–Crippen MR) is 140 cm³/mol. The van der Waals surface area contributed by atoms with E-state index in [1.54, 1.807) is 0 Å². The molecule has 0 aliphatic carbocycles. The predicted octanol–water partition coefficient (Wildman–Crippen LogP) is 3.83. The fourth-order valence-electron chi connectivity index (χ4n) is 4.48. The molecule has 8 heteroatoms. The van der Waals surface area contributed by atoms with E-state index < -0.39 is 0 Å². The maximum absolute atomic E-state index is 5.07. The van der Waals surface area contributed by atoms with E-state index in [0.29, 0.717) is 19.1 Å². The quantitative estimate of drug-likeness (QED) is 0.614. The Kier molecular flexibility index (Phi) is 6.72. The number of amidine groups is 1. The van der Waals surface area contributed by atoms with Crippen LogP contribution in [0, 0.1) is 6.92 Å². The molecule has 0 unspecified atom stereocenters. The van der Waals surface area contributed by atoms with Crippen molar-refractivity contribution in [2.75, 3.05) is 32.0 Å². The number of hydrogen-bond donors (Lipinski definition) is 1. The molecule has 1 N–H and O–H groups in total. The van der Waals surface area contributed by atoms with Gasteiger partial charge in [0.2, 0.25) is 5.65 Å². The van der Waals surface area contributed by atoms with Crippen molar-refractivity contribution in [2.45, 2.75) is 32.4 Å². The van der Waals surface area contributed by atoms with Gasteiger partial charge < -0.3 is 15.1 Å². The molecule has 2 aromatic heterocycles. The van der Waals surface area contributed by atoms with Crippen molar-refractivity contribution in [3.8, 4) is 0 Å². The topological polar surface area (TPSA) is 74.0 Å². The molecule has 35 heavy (non-hydrogen) atoms. The minimum Gasteiger partial charge on any atom is -0.364 e. The lowest BCUT2D eigenvalue weighted by molar-refractivity contribution is 0.263. The van der Waals surface area contributed by atoms with Gasteiger partial charge >= 0.3 is 0 Å². The first kappa shape index (κ1) is 23.0. The molecule has 1 fully saturated rings. The smallest absolute Gasteiger partial charge is 0.203 e. The summed E-state index contributed by atoms with van der Waals surface area (Å²) in [6.07, 6.45) is 12.2. The van der Waals surface area contributed by atoms with Crippen LogP contribution in [0.1, 0.15) is 29.9 Å². The first-order valence-electron chi connectivity index (χ1n) is 12.1. The molecule has 1 saturated heterocycles. The van der Waals surface area contributed by atoms with Crippen LogP contribution < -0.4 is 5.32 Å². The van der Waals surface area contributed by atoms with Gasteiger partial charge in [-0.05, 0) is 51.5 Å². The van der Waals surface area contributed by atoms with Crippen molar-refractivity contribution >= 4 is 17.3 Å². The van der Waals surface area contributed by atoms with Crippen LogP contribution in [-0.4, -0.2) is 67.9 Å². The van der Waals surface area contributed by atoms with E-state index in [2.05, 4.69) is 63.2 Å². The van der Waals surface area contributed by atoms with Gasteiger partial charge in [0.15, 0.2) is 11.7 Å². The molecule has 5 rings (SSSR count). The Morgan fingerprint density at radius 3 is 2.69 bits per heavy atom. The summed E-state index contributed by atoms with van der Waals surface area (Å²) in [5.41, 5.74) is 3.53. The molecule has 2 aliphatic rings. The number of aromatic nitrogens is 4. The Hall–Kier alpha value is -3.78. The summed E-state index contributed by atoms with van der Waals surface area (Å²) in [7, 11) is 2.17. The highest BCUT2D eigenvalue weighted by atomic mass is 15.3. The maximum Gasteiger partial charge on any atom is 0.203 e. The second-order valence-electron chi connectivity index (χ2n) is 9.15. The van der Waals surface area contributed by atoms with Gasteiger partial charge in [0.05, 0.1) is 6.54 Å². The van der Waals surface area contributed by atoms with Crippen molar-refractivity contribution < 1.29 is 0 Å². The van der Waals surface area contributed by atoms with Gasteiger partial charge in [-0.1, -0.05) is 55.1 Å². The number of hydrogen-bond acceptors (Lipinski definition) is 7. The lowest BCUT2D eigenvalue weighted by Crippen LogP contribution is -2.37. The van der Waals surface area contributed by atoms with Gasteiger partial charge in [-0.15, -0.1) is 10.2 Å². The number of allylic oxidation sites excluding steroid dienone is 3. The van der Waals surface area contributed by atoms with Crippen molar-refractivity contribution in [3.05, 3.63) is 90.2 Å². The molecule has 0 amide bonds. The Morgan fingerprint density at radius 1 is 1.09 bits per heavy atom. The number of rotatable bonds is 5. The van der Waals surface area contributed by atoms with Crippen LogP contribution >= 0.6 is 0 Å². The van der Waals surface area contributed by atoms with Crippen LogP contribution in [0.15, 0.2) is 78.1 Å². The lowest BCUT2D eigenvalue weighted by atomic mass is 10.1. The van der Waals surface area contributed by atoms with Gasteiger partial charge in [0.25, 0.3) is 0 Å². The van der Waals surface area contributed by atoms with Gasteiger partial charge in [-0.3, -0.25) is 9.39 Å². The largest absolute Gasteiger partial charge is 0.364 e. The third kappa shape index (κ3) is 5.17. The number of likely N-dealkylation sites (tertiary alicyclic amines) is 1. The van der Waals surface area contributed by atoms with E-state index in [1.807, 2.05) is 47.9 Å². The molecular formula is C27H32N8. The molecule has 0 spiro atoms. The van der Waals surface area contributed by atoms with Gasteiger partial charge in [-0.2, -0.15) is 0 Å². The van der Waals surface area contributed by atoms with Crippen molar-refractivity contribution in [3.63, 3.8) is 0 Å². The highest BCUT2D eigenvalue weighted by Gasteiger charge is 2.23. The van der Waals surface area contributed by atoms with Crippen molar-refractivity contribution in [1.82, 2.24) is 29.4 Å².